The number of amides is 2. The lowest BCUT2D eigenvalue weighted by Crippen LogP contribution is -2.37. The van der Waals surface area contributed by atoms with Gasteiger partial charge in [-0.2, -0.15) is 0 Å². The molecule has 0 spiro atoms. The first-order chi connectivity index (χ1) is 15.7. The molecule has 0 bridgehead atoms. The first-order valence-corrected chi connectivity index (χ1v) is 10.7. The van der Waals surface area contributed by atoms with Crippen LogP contribution in [0.4, 0.5) is 5.69 Å². The van der Waals surface area contributed by atoms with E-state index in [-0.39, 0.29) is 17.5 Å². The van der Waals surface area contributed by atoms with Crippen molar-refractivity contribution in [3.8, 4) is 0 Å². The molecule has 0 saturated heterocycles. The maximum Gasteiger partial charge on any atom is 0.274 e. The molecule has 0 atom stereocenters. The van der Waals surface area contributed by atoms with Gasteiger partial charge in [-0.25, -0.2) is 0 Å². The van der Waals surface area contributed by atoms with E-state index in [0.29, 0.717) is 12.1 Å². The summed E-state index contributed by atoms with van der Waals surface area (Å²) in [7, 11) is 0. The molecule has 4 aromatic rings. The summed E-state index contributed by atoms with van der Waals surface area (Å²) in [5, 5.41) is 4.99. The van der Waals surface area contributed by atoms with Gasteiger partial charge in [0.05, 0.1) is 0 Å². The van der Waals surface area contributed by atoms with Gasteiger partial charge in [0.2, 0.25) is 0 Å². The standard InChI is InChI=1S/C28H22N2O2/c31-27(22-11-2-1-3-12-22)29-25(19-23-14-8-13-20-9-4-6-15-24(20)23)28(32)30-18-17-21-10-5-7-16-26(21)30/h1-16,19H,17-18H2,(H,29,31). The van der Waals surface area contributed by atoms with Crippen LogP contribution >= 0.6 is 0 Å². The molecule has 1 aliphatic rings. The Balaban J connectivity index is 1.57. The summed E-state index contributed by atoms with van der Waals surface area (Å²) in [6.45, 7) is 0.590. The van der Waals surface area contributed by atoms with Gasteiger partial charge in [0.1, 0.15) is 5.70 Å². The fraction of sp³-hybridized carbons (Fsp3) is 0.0714. The molecule has 4 aromatic carbocycles. The van der Waals surface area contributed by atoms with Crippen LogP contribution in [0.1, 0.15) is 21.5 Å². The number of benzene rings is 4. The maximum absolute atomic E-state index is 13.7. The second kappa shape index (κ2) is 8.52. The van der Waals surface area contributed by atoms with Crippen LogP contribution in [0.15, 0.2) is 103 Å². The molecular weight excluding hydrogens is 396 g/mol. The van der Waals surface area contributed by atoms with E-state index in [9.17, 15) is 9.59 Å². The zero-order chi connectivity index (χ0) is 21.9. The van der Waals surface area contributed by atoms with Crippen LogP contribution in [0.5, 0.6) is 0 Å². The Morgan fingerprint density at radius 1 is 0.781 bits per heavy atom. The first-order valence-electron chi connectivity index (χ1n) is 10.7. The Bertz CT molecular complexity index is 1340. The van der Waals surface area contributed by atoms with Crippen LogP contribution in [-0.2, 0) is 11.2 Å². The van der Waals surface area contributed by atoms with Crippen LogP contribution in [0.2, 0.25) is 0 Å². The average molecular weight is 418 g/mol. The van der Waals surface area contributed by atoms with Crippen molar-refractivity contribution in [1.29, 1.82) is 0 Å². The summed E-state index contributed by atoms with van der Waals surface area (Å²) in [4.78, 5) is 28.4. The molecule has 0 fully saturated rings. The summed E-state index contributed by atoms with van der Waals surface area (Å²) >= 11 is 0. The van der Waals surface area contributed by atoms with Crippen molar-refractivity contribution in [3.05, 3.63) is 119 Å². The molecule has 2 amide bonds. The quantitative estimate of drug-likeness (QED) is 0.463. The number of carbonyl (C=O) groups is 2. The predicted molar refractivity (Wildman–Crippen MR) is 128 cm³/mol. The number of carbonyl (C=O) groups excluding carboxylic acids is 2. The summed E-state index contributed by atoms with van der Waals surface area (Å²) in [6.07, 6.45) is 2.59. The Labute approximate surface area is 186 Å². The van der Waals surface area contributed by atoms with Crippen molar-refractivity contribution in [2.24, 2.45) is 0 Å². The van der Waals surface area contributed by atoms with Gasteiger partial charge < -0.3 is 10.2 Å². The lowest BCUT2D eigenvalue weighted by Gasteiger charge is -2.20. The third-order valence-corrected chi connectivity index (χ3v) is 5.77. The number of anilines is 1. The monoisotopic (exact) mass is 418 g/mol. The van der Waals surface area contributed by atoms with Crippen LogP contribution < -0.4 is 10.2 Å². The van der Waals surface area contributed by atoms with E-state index in [0.717, 1.165) is 34.0 Å². The normalized spacial score (nSPS) is 13.1. The summed E-state index contributed by atoms with van der Waals surface area (Å²) in [5.41, 5.74) is 3.68. The minimum atomic E-state index is -0.307. The minimum absolute atomic E-state index is 0.216. The fourth-order valence-electron chi connectivity index (χ4n) is 4.16. The largest absolute Gasteiger partial charge is 0.317 e. The molecule has 0 aliphatic carbocycles. The molecule has 1 heterocycles. The van der Waals surface area contributed by atoms with E-state index in [4.69, 9.17) is 0 Å². The smallest absolute Gasteiger partial charge is 0.274 e. The number of hydrogen-bond donors (Lipinski definition) is 1. The minimum Gasteiger partial charge on any atom is -0.317 e. The number of rotatable bonds is 4. The zero-order valence-corrected chi connectivity index (χ0v) is 17.5. The Kier molecular flexibility index (Phi) is 5.26. The van der Waals surface area contributed by atoms with E-state index in [2.05, 4.69) is 5.32 Å². The number of nitrogens with one attached hydrogen (secondary N) is 1. The Hall–Kier alpha value is -4.18. The highest BCUT2D eigenvalue weighted by molar-refractivity contribution is 6.13. The fourth-order valence-corrected chi connectivity index (χ4v) is 4.16. The molecule has 5 rings (SSSR count). The lowest BCUT2D eigenvalue weighted by atomic mass is 10.0. The SMILES string of the molecule is O=C(NC(=Cc1cccc2ccccc12)C(=O)N1CCc2ccccc21)c1ccccc1. The Morgan fingerprint density at radius 3 is 2.38 bits per heavy atom. The molecular formula is C28H22N2O2. The second-order valence-electron chi connectivity index (χ2n) is 7.78. The van der Waals surface area contributed by atoms with E-state index in [1.54, 1.807) is 23.1 Å². The molecule has 0 unspecified atom stereocenters. The van der Waals surface area contributed by atoms with Crippen LogP contribution in [0, 0.1) is 0 Å². The highest BCUT2D eigenvalue weighted by Crippen LogP contribution is 2.29. The highest BCUT2D eigenvalue weighted by Gasteiger charge is 2.27. The highest BCUT2D eigenvalue weighted by atomic mass is 16.2. The predicted octanol–water partition coefficient (Wildman–Crippen LogP) is 5.20. The van der Waals surface area contributed by atoms with Crippen molar-refractivity contribution in [3.63, 3.8) is 0 Å². The molecule has 4 nitrogen and oxygen atoms in total. The van der Waals surface area contributed by atoms with Crippen LogP contribution in [-0.4, -0.2) is 18.4 Å². The van der Waals surface area contributed by atoms with Crippen molar-refractivity contribution in [2.75, 3.05) is 11.4 Å². The van der Waals surface area contributed by atoms with Gasteiger partial charge >= 0.3 is 0 Å². The van der Waals surface area contributed by atoms with Gasteiger partial charge in [-0.3, -0.25) is 9.59 Å². The van der Waals surface area contributed by atoms with E-state index < -0.39 is 0 Å². The molecule has 156 valence electrons. The van der Waals surface area contributed by atoms with E-state index in [1.807, 2.05) is 84.9 Å². The summed E-state index contributed by atoms with van der Waals surface area (Å²) in [5.74, 6) is -0.523. The molecule has 0 aromatic heterocycles. The Morgan fingerprint density at radius 2 is 1.50 bits per heavy atom. The summed E-state index contributed by atoms with van der Waals surface area (Å²) < 4.78 is 0. The van der Waals surface area contributed by atoms with E-state index >= 15 is 0 Å². The molecule has 1 N–H and O–H groups in total. The van der Waals surface area contributed by atoms with Crippen molar-refractivity contribution in [1.82, 2.24) is 5.32 Å². The van der Waals surface area contributed by atoms with Gasteiger partial charge in [0, 0.05) is 17.8 Å². The number of fused-ring (bicyclic) bond motifs is 2. The van der Waals surface area contributed by atoms with Crippen LogP contribution in [0.25, 0.3) is 16.8 Å². The van der Waals surface area contributed by atoms with Gasteiger partial charge in [-0.1, -0.05) is 78.9 Å². The number of para-hydroxylation sites is 1. The van der Waals surface area contributed by atoms with Gasteiger partial charge in [0.25, 0.3) is 11.8 Å². The molecule has 32 heavy (non-hydrogen) atoms. The van der Waals surface area contributed by atoms with Gasteiger partial charge in [-0.05, 0) is 52.6 Å². The van der Waals surface area contributed by atoms with E-state index in [1.165, 1.54) is 0 Å². The topological polar surface area (TPSA) is 49.4 Å². The maximum atomic E-state index is 13.7. The molecule has 4 heteroatoms. The third kappa shape index (κ3) is 3.79. The third-order valence-electron chi connectivity index (χ3n) is 5.77. The van der Waals surface area contributed by atoms with Crippen molar-refractivity contribution < 1.29 is 9.59 Å². The second-order valence-corrected chi connectivity index (χ2v) is 7.78. The summed E-state index contributed by atoms with van der Waals surface area (Å²) in [6, 6.07) is 30.8. The number of nitrogens with zero attached hydrogens (tertiary/aromatic N) is 1. The molecule has 0 radical (unpaired) electrons. The lowest BCUT2D eigenvalue weighted by molar-refractivity contribution is -0.115. The molecule has 0 saturated carbocycles. The zero-order valence-electron chi connectivity index (χ0n) is 17.5. The first kappa shape index (κ1) is 19.8. The van der Waals surface area contributed by atoms with Gasteiger partial charge in [-0.15, -0.1) is 0 Å². The number of hydrogen-bond acceptors (Lipinski definition) is 2. The van der Waals surface area contributed by atoms with Crippen molar-refractivity contribution >= 4 is 34.4 Å². The average Bonchev–Trinajstić information content (AvgIpc) is 3.28. The van der Waals surface area contributed by atoms with Crippen LogP contribution in [0.3, 0.4) is 0 Å². The van der Waals surface area contributed by atoms with Crippen molar-refractivity contribution in [2.45, 2.75) is 6.42 Å². The molecule has 1 aliphatic heterocycles. The van der Waals surface area contributed by atoms with Gasteiger partial charge in [0.15, 0.2) is 0 Å².